The van der Waals surface area contributed by atoms with Gasteiger partial charge >= 0.3 is 57.1 Å². The first-order valence-corrected chi connectivity index (χ1v) is 8.15. The van der Waals surface area contributed by atoms with Crippen molar-refractivity contribution in [3.63, 3.8) is 0 Å². The van der Waals surface area contributed by atoms with Crippen LogP contribution in [0.1, 0.15) is 38.1 Å². The van der Waals surface area contributed by atoms with Crippen LogP contribution in [0.15, 0.2) is 24.3 Å². The van der Waals surface area contributed by atoms with Crippen molar-refractivity contribution in [3.8, 4) is 0 Å². The van der Waals surface area contributed by atoms with E-state index < -0.39 is 39.2 Å². The van der Waals surface area contributed by atoms with Gasteiger partial charge < -0.3 is 6.16 Å². The first-order chi connectivity index (χ1) is 11.0. The molecule has 1 unspecified atom stereocenters. The minimum absolute atomic E-state index is 0. The average molecular weight is 414 g/mol. The van der Waals surface area contributed by atoms with E-state index in [-0.39, 0.29) is 36.4 Å². The fraction of sp³-hybridized carbons (Fsp3) is 0.500. The Hall–Kier alpha value is -0.750. The Morgan fingerprint density at radius 2 is 1.50 bits per heavy atom. The number of carbonyl (C=O) groups excluding carboxylic acids is 1. The van der Waals surface area contributed by atoms with Crippen molar-refractivity contribution in [3.05, 3.63) is 35.4 Å². The number of hydrogen-bond donors (Lipinski definition) is 1. The molecule has 0 saturated heterocycles. The van der Waals surface area contributed by atoms with E-state index in [9.17, 15) is 35.2 Å². The van der Waals surface area contributed by atoms with Gasteiger partial charge in [-0.2, -0.15) is 30.4 Å². The molecule has 0 spiro atoms. The maximum Gasteiger partial charge on any atom is 1.00 e. The zero-order valence-corrected chi connectivity index (χ0v) is 17.1. The predicted molar refractivity (Wildman–Crippen MR) is 78.0 cm³/mol. The van der Waals surface area contributed by atoms with Crippen molar-refractivity contribution in [2.75, 3.05) is 0 Å². The van der Waals surface area contributed by atoms with Crippen LogP contribution in [0, 0.1) is 0 Å². The van der Waals surface area contributed by atoms with Gasteiger partial charge in [0.2, 0.25) is 0 Å². The van der Waals surface area contributed by atoms with Gasteiger partial charge in [-0.3, -0.25) is 4.55 Å². The summed E-state index contributed by atoms with van der Waals surface area (Å²) in [7, 11) is -6.47. The minimum atomic E-state index is -6.47. The maximum atomic E-state index is 13.4. The van der Waals surface area contributed by atoms with Crippen molar-refractivity contribution >= 4 is 16.1 Å². The van der Waals surface area contributed by atoms with Crippen molar-refractivity contribution in [2.45, 2.75) is 43.7 Å². The van der Waals surface area contributed by atoms with E-state index in [1.165, 1.54) is 12.1 Å². The Kier molecular flexibility index (Phi) is 7.86. The third-order valence-corrected chi connectivity index (χ3v) is 4.06. The molecule has 1 N–H and O–H groups in total. The third-order valence-electron chi connectivity index (χ3n) is 3.16. The molecule has 0 aliphatic rings. The topological polar surface area (TPSA) is 80.7 Å². The molecule has 0 amide bonds. The van der Waals surface area contributed by atoms with Gasteiger partial charge in [0, 0.05) is 0 Å². The molecule has 0 aromatic heterocycles. The number of alkyl halides is 5. The molecule has 12 heteroatoms. The van der Waals surface area contributed by atoms with Crippen LogP contribution in [0.25, 0.3) is 0 Å². The number of hydrogen-bond acceptors (Lipinski definition) is 4. The van der Waals surface area contributed by atoms with E-state index in [0.717, 1.165) is 12.1 Å². The van der Waals surface area contributed by atoms with Crippen molar-refractivity contribution < 1.29 is 75.4 Å². The van der Waals surface area contributed by atoms with E-state index in [1.807, 2.05) is 20.8 Å². The smallest absolute Gasteiger partial charge is 1.00 e. The molecule has 0 bridgehead atoms. The van der Waals surface area contributed by atoms with Gasteiger partial charge in [0.1, 0.15) is 0 Å². The standard InChI is InChI=1S/C14H15F5O5S.Na.H/c1-12(2,3)9-6-4-8(5-7-9)10(20)24-11(13(15,16)17)14(18,19)25(21,22)23;;/h4-7,11H,1-3H3,(H,21,22,23);;/q;+1;-1. The fourth-order valence-corrected chi connectivity index (χ4v) is 2.19. The van der Waals surface area contributed by atoms with Gasteiger partial charge in [0.15, 0.2) is 0 Å². The van der Waals surface area contributed by atoms with Gasteiger partial charge in [-0.15, -0.1) is 0 Å². The van der Waals surface area contributed by atoms with Crippen LogP contribution in [0.2, 0.25) is 0 Å². The average Bonchev–Trinajstić information content (AvgIpc) is 2.41. The second kappa shape index (κ2) is 8.09. The first kappa shape index (κ1) is 25.2. The molecule has 1 atom stereocenters. The van der Waals surface area contributed by atoms with Gasteiger partial charge in [-0.05, 0) is 23.1 Å². The van der Waals surface area contributed by atoms with Crippen molar-refractivity contribution in [1.29, 1.82) is 0 Å². The number of ether oxygens (including phenoxy) is 1. The van der Waals surface area contributed by atoms with Crippen LogP contribution in [-0.2, 0) is 20.3 Å². The number of rotatable bonds is 4. The molecule has 0 heterocycles. The van der Waals surface area contributed by atoms with E-state index in [2.05, 4.69) is 4.74 Å². The maximum absolute atomic E-state index is 13.4. The molecule has 5 nitrogen and oxygen atoms in total. The van der Waals surface area contributed by atoms with E-state index >= 15 is 0 Å². The summed E-state index contributed by atoms with van der Waals surface area (Å²) in [5.74, 6) is -1.81. The molecular weight excluding hydrogens is 398 g/mol. The molecule has 1 aromatic carbocycles. The summed E-state index contributed by atoms with van der Waals surface area (Å²) in [5.41, 5.74) is -0.123. The molecular formula is C14H16F5NaO5S. The van der Waals surface area contributed by atoms with Crippen molar-refractivity contribution in [1.82, 2.24) is 0 Å². The summed E-state index contributed by atoms with van der Waals surface area (Å²) in [6.45, 7) is 5.48. The van der Waals surface area contributed by atoms with Gasteiger partial charge in [0.25, 0.3) is 6.10 Å². The minimum Gasteiger partial charge on any atom is -1.00 e. The van der Waals surface area contributed by atoms with E-state index in [1.54, 1.807) is 0 Å². The number of halogens is 5. The molecule has 144 valence electrons. The van der Waals surface area contributed by atoms with Crippen LogP contribution >= 0.6 is 0 Å². The van der Waals surface area contributed by atoms with Crippen LogP contribution in [-0.4, -0.2) is 36.5 Å². The summed E-state index contributed by atoms with van der Waals surface area (Å²) in [6.07, 6.45) is -10.3. The monoisotopic (exact) mass is 414 g/mol. The SMILES string of the molecule is CC(C)(C)c1ccc(C(=O)OC(C(F)(F)F)C(F)(F)S(=O)(=O)O)cc1.[H-].[Na+]. The first-order valence-electron chi connectivity index (χ1n) is 6.71. The Morgan fingerprint density at radius 1 is 1.08 bits per heavy atom. The second-order valence-electron chi connectivity index (χ2n) is 6.19. The predicted octanol–water partition coefficient (Wildman–Crippen LogP) is 0.669. The van der Waals surface area contributed by atoms with Crippen LogP contribution in [0.4, 0.5) is 22.0 Å². The molecule has 0 radical (unpaired) electrons. The molecule has 0 aliphatic carbocycles. The summed E-state index contributed by atoms with van der Waals surface area (Å²) < 4.78 is 97.9. The Bertz CT molecular complexity index is 745. The second-order valence-corrected chi connectivity index (χ2v) is 7.69. The van der Waals surface area contributed by atoms with Crippen molar-refractivity contribution in [2.24, 2.45) is 0 Å². The number of esters is 1. The zero-order valence-electron chi connectivity index (χ0n) is 15.3. The number of benzene rings is 1. The molecule has 26 heavy (non-hydrogen) atoms. The zero-order chi connectivity index (χ0) is 19.8. The fourth-order valence-electron chi connectivity index (χ4n) is 1.74. The van der Waals surface area contributed by atoms with Gasteiger partial charge in [-0.1, -0.05) is 32.9 Å². The molecule has 1 aromatic rings. The number of carbonyl (C=O) groups is 1. The normalized spacial score (nSPS) is 14.3. The van der Waals surface area contributed by atoms with Gasteiger partial charge in [0.05, 0.1) is 5.56 Å². The molecule has 1 rings (SSSR count). The van der Waals surface area contributed by atoms with E-state index in [0.29, 0.717) is 5.56 Å². The summed E-state index contributed by atoms with van der Waals surface area (Å²) in [4.78, 5) is 11.7. The summed E-state index contributed by atoms with van der Waals surface area (Å²) >= 11 is 0. The molecule has 0 aliphatic heterocycles. The van der Waals surface area contributed by atoms with E-state index in [4.69, 9.17) is 4.55 Å². The summed E-state index contributed by atoms with van der Waals surface area (Å²) in [5, 5.41) is -5.76. The Balaban J connectivity index is 0. The van der Waals surface area contributed by atoms with Crippen LogP contribution < -0.4 is 29.6 Å². The van der Waals surface area contributed by atoms with Crippen LogP contribution in [0.3, 0.4) is 0 Å². The largest absolute Gasteiger partial charge is 1.00 e. The van der Waals surface area contributed by atoms with Gasteiger partial charge in [-0.25, -0.2) is 4.79 Å². The van der Waals surface area contributed by atoms with Crippen LogP contribution in [0.5, 0.6) is 0 Å². The Morgan fingerprint density at radius 3 is 1.81 bits per heavy atom. The third kappa shape index (κ3) is 5.88. The summed E-state index contributed by atoms with van der Waals surface area (Å²) in [6, 6.07) is 4.89. The quantitative estimate of drug-likeness (QED) is 0.339. The Labute approximate surface area is 170 Å². The molecule has 0 fully saturated rings. The molecule has 0 saturated carbocycles.